The van der Waals surface area contributed by atoms with Crippen molar-refractivity contribution in [3.8, 4) is 0 Å². The normalized spacial score (nSPS) is 20.8. The van der Waals surface area contributed by atoms with E-state index in [1.54, 1.807) is 11.0 Å². The number of hydrogen-bond donors (Lipinski definition) is 1. The first-order valence-electron chi connectivity index (χ1n) is 13.0. The van der Waals surface area contributed by atoms with Gasteiger partial charge in [0.15, 0.2) is 0 Å². The molecule has 38 heavy (non-hydrogen) atoms. The molecule has 3 aromatic rings. The van der Waals surface area contributed by atoms with E-state index in [0.717, 1.165) is 41.5 Å². The van der Waals surface area contributed by atoms with E-state index < -0.39 is 24.6 Å². The third kappa shape index (κ3) is 5.71. The van der Waals surface area contributed by atoms with Gasteiger partial charge < -0.3 is 19.5 Å². The van der Waals surface area contributed by atoms with Crippen molar-refractivity contribution in [3.05, 3.63) is 76.8 Å². The smallest absolute Gasteiger partial charge is 0.306 e. The van der Waals surface area contributed by atoms with Gasteiger partial charge in [-0.05, 0) is 39.9 Å². The van der Waals surface area contributed by atoms with Gasteiger partial charge in [0.2, 0.25) is 0 Å². The summed E-state index contributed by atoms with van der Waals surface area (Å²) in [4.78, 5) is 29.9. The van der Waals surface area contributed by atoms with Crippen LogP contribution in [0.1, 0.15) is 37.5 Å². The second-order valence-electron chi connectivity index (χ2n) is 10.9. The number of morpholine rings is 1. The molecule has 2 aliphatic rings. The monoisotopic (exact) mass is 536 g/mol. The Kier molecular flexibility index (Phi) is 7.73. The number of nitrogens with zero attached hydrogens (tertiary/aromatic N) is 2. The van der Waals surface area contributed by atoms with Crippen LogP contribution in [0.5, 0.6) is 0 Å². The van der Waals surface area contributed by atoms with E-state index in [2.05, 4.69) is 18.7 Å². The van der Waals surface area contributed by atoms with E-state index >= 15 is 0 Å². The number of aliphatic carboxylic acids is 1. The average molecular weight is 537 g/mol. The van der Waals surface area contributed by atoms with Crippen molar-refractivity contribution >= 4 is 39.9 Å². The number of amides is 1. The third-order valence-corrected chi connectivity index (χ3v) is 7.45. The first-order chi connectivity index (χ1) is 18.2. The van der Waals surface area contributed by atoms with Gasteiger partial charge in [-0.3, -0.25) is 14.5 Å². The molecule has 1 amide bonds. The zero-order valence-corrected chi connectivity index (χ0v) is 22.5. The molecule has 1 N–H and O–H groups in total. The number of benzene rings is 3. The summed E-state index contributed by atoms with van der Waals surface area (Å²) in [7, 11) is 0. The fourth-order valence-corrected chi connectivity index (χ4v) is 5.77. The Bertz CT molecular complexity index is 1330. The van der Waals surface area contributed by atoms with Gasteiger partial charge in [0.05, 0.1) is 19.6 Å². The molecule has 1 fully saturated rings. The highest BCUT2D eigenvalue weighted by Gasteiger charge is 2.40. The van der Waals surface area contributed by atoms with Crippen LogP contribution in [0, 0.1) is 5.41 Å². The highest BCUT2D eigenvalue weighted by molar-refractivity contribution is 6.30. The molecule has 8 heteroatoms. The van der Waals surface area contributed by atoms with Crippen molar-refractivity contribution in [2.75, 3.05) is 44.3 Å². The zero-order chi connectivity index (χ0) is 26.9. The molecular weight excluding hydrogens is 504 g/mol. The van der Waals surface area contributed by atoms with Crippen LogP contribution >= 0.6 is 11.6 Å². The number of carbonyl (C=O) groups excluding carboxylic acids is 1. The minimum absolute atomic E-state index is 0.281. The Labute approximate surface area is 227 Å². The fourth-order valence-electron chi connectivity index (χ4n) is 5.59. The maximum absolute atomic E-state index is 14.0. The summed E-state index contributed by atoms with van der Waals surface area (Å²) in [6.07, 6.45) is -2.25. The molecule has 0 aromatic heterocycles. The zero-order valence-electron chi connectivity index (χ0n) is 21.7. The lowest BCUT2D eigenvalue weighted by molar-refractivity contribution is -0.147. The van der Waals surface area contributed by atoms with E-state index in [1.807, 2.05) is 54.6 Å². The summed E-state index contributed by atoms with van der Waals surface area (Å²) in [5.74, 6) is -1.44. The van der Waals surface area contributed by atoms with Crippen LogP contribution in [-0.4, -0.2) is 67.4 Å². The van der Waals surface area contributed by atoms with Crippen LogP contribution in [0.4, 0.5) is 5.69 Å². The van der Waals surface area contributed by atoms with Crippen LogP contribution < -0.4 is 4.90 Å². The Balaban J connectivity index is 1.60. The van der Waals surface area contributed by atoms with Crippen molar-refractivity contribution < 1.29 is 24.2 Å². The van der Waals surface area contributed by atoms with Gasteiger partial charge in [-0.2, -0.15) is 0 Å². The Morgan fingerprint density at radius 2 is 1.76 bits per heavy atom. The average Bonchev–Trinajstić information content (AvgIpc) is 2.98. The lowest BCUT2D eigenvalue weighted by Crippen LogP contribution is -2.49. The molecule has 7 nitrogen and oxygen atoms in total. The minimum atomic E-state index is -1.15. The molecule has 2 atom stereocenters. The molecule has 2 heterocycles. The van der Waals surface area contributed by atoms with Crippen molar-refractivity contribution in [2.24, 2.45) is 5.41 Å². The Morgan fingerprint density at radius 3 is 2.53 bits per heavy atom. The number of carboxylic acid groups (broad SMARTS) is 1. The number of halogens is 1. The van der Waals surface area contributed by atoms with Crippen molar-refractivity contribution in [3.63, 3.8) is 0 Å². The molecule has 2 aliphatic heterocycles. The predicted octanol–water partition coefficient (Wildman–Crippen LogP) is 5.15. The van der Waals surface area contributed by atoms with Crippen molar-refractivity contribution in [1.29, 1.82) is 0 Å². The molecular formula is C30H33ClN2O5. The molecule has 2 unspecified atom stereocenters. The van der Waals surface area contributed by atoms with E-state index in [0.29, 0.717) is 30.5 Å². The molecule has 1 saturated heterocycles. The SMILES string of the molecule is CC(C)(CN1CCOCC1)CN1C(=O)C(CC(=O)O)OC(c2cccc3ccccc23)c2cc(Cl)ccc21. The number of fused-ring (bicyclic) bond motifs is 2. The molecule has 200 valence electrons. The van der Waals surface area contributed by atoms with E-state index in [-0.39, 0.29) is 11.3 Å². The standard InChI is InChI=1S/C30H33ClN2O5/c1-30(2,18-32-12-14-37-15-13-32)19-33-25-11-10-21(31)16-24(25)28(38-26(29(33)36)17-27(34)35)23-9-5-7-20-6-3-4-8-22(20)23/h3-11,16,26,28H,12-15,17-19H2,1-2H3,(H,34,35). The van der Waals surface area contributed by atoms with Gasteiger partial charge >= 0.3 is 5.97 Å². The first-order valence-corrected chi connectivity index (χ1v) is 13.4. The number of carboxylic acids is 1. The highest BCUT2D eigenvalue weighted by atomic mass is 35.5. The summed E-state index contributed by atoms with van der Waals surface area (Å²) >= 11 is 6.50. The van der Waals surface area contributed by atoms with Gasteiger partial charge in [0.1, 0.15) is 12.2 Å². The van der Waals surface area contributed by atoms with Gasteiger partial charge in [-0.1, -0.05) is 67.9 Å². The highest BCUT2D eigenvalue weighted by Crippen LogP contribution is 2.42. The Hall–Kier alpha value is -2.97. The van der Waals surface area contributed by atoms with Crippen LogP contribution in [0.15, 0.2) is 60.7 Å². The van der Waals surface area contributed by atoms with Gasteiger partial charge in [0, 0.05) is 42.5 Å². The van der Waals surface area contributed by atoms with Crippen LogP contribution in [-0.2, 0) is 19.1 Å². The largest absolute Gasteiger partial charge is 0.481 e. The predicted molar refractivity (Wildman–Crippen MR) is 148 cm³/mol. The summed E-state index contributed by atoms with van der Waals surface area (Å²) < 4.78 is 11.9. The van der Waals surface area contributed by atoms with Crippen molar-refractivity contribution in [2.45, 2.75) is 32.5 Å². The lowest BCUT2D eigenvalue weighted by atomic mass is 9.90. The quantitative estimate of drug-likeness (QED) is 0.450. The van der Waals surface area contributed by atoms with E-state index in [1.165, 1.54) is 0 Å². The van der Waals surface area contributed by atoms with E-state index in [9.17, 15) is 14.7 Å². The number of anilines is 1. The maximum atomic E-state index is 14.0. The summed E-state index contributed by atoms with van der Waals surface area (Å²) in [5, 5.41) is 12.2. The third-order valence-electron chi connectivity index (χ3n) is 7.21. The topological polar surface area (TPSA) is 79.3 Å². The number of ether oxygens (including phenoxy) is 2. The molecule has 0 bridgehead atoms. The summed E-state index contributed by atoms with van der Waals surface area (Å²) in [6.45, 7) is 8.52. The first kappa shape index (κ1) is 26.6. The molecule has 3 aromatic carbocycles. The minimum Gasteiger partial charge on any atom is -0.481 e. The summed E-state index contributed by atoms with van der Waals surface area (Å²) in [6, 6.07) is 19.4. The second kappa shape index (κ2) is 11.0. The van der Waals surface area contributed by atoms with Gasteiger partial charge in [0.25, 0.3) is 5.91 Å². The number of carbonyl (C=O) groups is 2. The molecule has 5 rings (SSSR count). The second-order valence-corrected chi connectivity index (χ2v) is 11.3. The lowest BCUT2D eigenvalue weighted by Gasteiger charge is -2.38. The fraction of sp³-hybridized carbons (Fsp3) is 0.400. The van der Waals surface area contributed by atoms with Gasteiger partial charge in [-0.25, -0.2) is 0 Å². The molecule has 0 aliphatic carbocycles. The van der Waals surface area contributed by atoms with E-state index in [4.69, 9.17) is 21.1 Å². The number of hydrogen-bond acceptors (Lipinski definition) is 5. The Morgan fingerprint density at radius 1 is 1.03 bits per heavy atom. The van der Waals surface area contributed by atoms with Gasteiger partial charge in [-0.15, -0.1) is 0 Å². The molecule has 0 spiro atoms. The van der Waals surface area contributed by atoms with Crippen LogP contribution in [0.25, 0.3) is 10.8 Å². The number of rotatable bonds is 7. The summed E-state index contributed by atoms with van der Waals surface area (Å²) in [5.41, 5.74) is 2.03. The molecule has 0 radical (unpaired) electrons. The maximum Gasteiger partial charge on any atom is 0.306 e. The van der Waals surface area contributed by atoms with Crippen LogP contribution in [0.2, 0.25) is 5.02 Å². The molecule has 0 saturated carbocycles. The van der Waals surface area contributed by atoms with Crippen molar-refractivity contribution in [1.82, 2.24) is 4.90 Å². The van der Waals surface area contributed by atoms with Crippen LogP contribution in [0.3, 0.4) is 0 Å².